The van der Waals surface area contributed by atoms with Gasteiger partial charge in [-0.3, -0.25) is 4.79 Å². The van der Waals surface area contributed by atoms with Crippen molar-refractivity contribution in [2.45, 2.75) is 31.0 Å². The first-order chi connectivity index (χ1) is 12.5. The molecule has 0 unspecified atom stereocenters. The topological polar surface area (TPSA) is 87.7 Å². The smallest absolute Gasteiger partial charge is 0.475 e. The molecular weight excluding hydrogens is 403 g/mol. The third-order valence-electron chi connectivity index (χ3n) is 3.50. The van der Waals surface area contributed by atoms with Gasteiger partial charge in [-0.25, -0.2) is 13.6 Å². The second-order valence-corrected chi connectivity index (χ2v) is 5.74. The normalized spacial score (nSPS) is 22.0. The number of nitrogens with one attached hydrogen (secondary N) is 2. The van der Waals surface area contributed by atoms with Crippen LogP contribution in [0.5, 0.6) is 0 Å². The number of benzene rings is 1. The van der Waals surface area contributed by atoms with E-state index in [9.17, 15) is 26.7 Å². The van der Waals surface area contributed by atoms with Crippen LogP contribution in [0.1, 0.15) is 5.56 Å². The molecule has 0 aromatic heterocycles. The number of carbonyl (C=O) groups excluding carboxylic acids is 1. The van der Waals surface area contributed by atoms with Crippen LogP contribution in [0, 0.1) is 5.82 Å². The highest BCUT2D eigenvalue weighted by Gasteiger charge is 2.40. The summed E-state index contributed by atoms with van der Waals surface area (Å²) in [5.41, 5.74) is 0.273. The Hall–Kier alpha value is -1.98. The van der Waals surface area contributed by atoms with Crippen molar-refractivity contribution in [3.05, 3.63) is 34.6 Å². The minimum atomic E-state index is -5.08. The highest BCUT2D eigenvalue weighted by molar-refractivity contribution is 6.30. The molecule has 0 radical (unpaired) electrons. The van der Waals surface area contributed by atoms with Crippen LogP contribution in [0.4, 0.5) is 22.0 Å². The summed E-state index contributed by atoms with van der Waals surface area (Å²) in [5.74, 6) is -3.76. The molecule has 3 atom stereocenters. The van der Waals surface area contributed by atoms with E-state index in [2.05, 4.69) is 10.6 Å². The summed E-state index contributed by atoms with van der Waals surface area (Å²) in [4.78, 5) is 20.8. The summed E-state index contributed by atoms with van der Waals surface area (Å²) in [5, 5.41) is 12.4. The molecule has 0 bridgehead atoms. The standard InChI is InChI=1S/C13H15ClF2N2O2.C2HF3O2/c1-20-12-9(15)6-17-11(12)13(19)18-5-7-3-2-4-8(14)10(7)16;3-2(4,5)1(6)7/h2-4,9,11-12,17H,5-6H2,1H3,(H,18,19);(H,6,7)/t9-,11-,12+;/m0./s1. The van der Waals surface area contributed by atoms with Crippen molar-refractivity contribution >= 4 is 23.5 Å². The van der Waals surface area contributed by atoms with Gasteiger partial charge >= 0.3 is 12.1 Å². The molecule has 1 aliphatic heterocycles. The van der Waals surface area contributed by atoms with Crippen LogP contribution in [0.15, 0.2) is 18.2 Å². The number of carbonyl (C=O) groups is 2. The first-order valence-electron chi connectivity index (χ1n) is 7.40. The lowest BCUT2D eigenvalue weighted by Gasteiger charge is -2.18. The van der Waals surface area contributed by atoms with Crippen LogP contribution in [0.25, 0.3) is 0 Å². The van der Waals surface area contributed by atoms with E-state index < -0.39 is 42.2 Å². The van der Waals surface area contributed by atoms with Crippen molar-refractivity contribution in [2.75, 3.05) is 13.7 Å². The van der Waals surface area contributed by atoms with E-state index in [1.807, 2.05) is 0 Å². The zero-order valence-corrected chi connectivity index (χ0v) is 14.6. The fourth-order valence-corrected chi connectivity index (χ4v) is 2.38. The molecule has 1 aromatic carbocycles. The second kappa shape index (κ2) is 9.81. The summed E-state index contributed by atoms with van der Waals surface area (Å²) in [7, 11) is 1.35. The molecule has 3 N–H and O–H groups in total. The third kappa shape index (κ3) is 6.60. The SMILES string of the molecule is CO[C@H]1[C@@H](C(=O)NCc2cccc(Cl)c2F)NC[C@@H]1F.O=C(O)C(F)(F)F. The van der Waals surface area contributed by atoms with Crippen molar-refractivity contribution in [3.8, 4) is 0 Å². The number of hydrogen-bond acceptors (Lipinski definition) is 4. The Morgan fingerprint density at radius 1 is 1.41 bits per heavy atom. The van der Waals surface area contributed by atoms with Gasteiger partial charge in [0.25, 0.3) is 0 Å². The predicted molar refractivity (Wildman–Crippen MR) is 84.4 cm³/mol. The van der Waals surface area contributed by atoms with E-state index >= 15 is 0 Å². The van der Waals surface area contributed by atoms with E-state index in [0.29, 0.717) is 0 Å². The van der Waals surface area contributed by atoms with Gasteiger partial charge in [0, 0.05) is 25.8 Å². The van der Waals surface area contributed by atoms with Crippen LogP contribution in [-0.2, 0) is 20.9 Å². The molecule has 0 aliphatic carbocycles. The summed E-state index contributed by atoms with van der Waals surface area (Å²) >= 11 is 5.65. The van der Waals surface area contributed by atoms with Crippen molar-refractivity contribution in [1.29, 1.82) is 0 Å². The van der Waals surface area contributed by atoms with Crippen molar-refractivity contribution in [3.63, 3.8) is 0 Å². The first kappa shape index (κ1) is 23.1. The molecule has 1 amide bonds. The van der Waals surface area contributed by atoms with Gasteiger partial charge in [0.2, 0.25) is 5.91 Å². The second-order valence-electron chi connectivity index (χ2n) is 5.34. The van der Waals surface area contributed by atoms with Crippen LogP contribution >= 0.6 is 11.6 Å². The molecule has 152 valence electrons. The summed E-state index contributed by atoms with van der Waals surface area (Å²) in [6, 6.07) is 3.76. The minimum absolute atomic E-state index is 0.00525. The number of amides is 1. The van der Waals surface area contributed by atoms with Gasteiger partial charge in [0.1, 0.15) is 24.1 Å². The average molecular weight is 419 g/mol. The number of carboxylic acids is 1. The van der Waals surface area contributed by atoms with Gasteiger partial charge in [-0.1, -0.05) is 23.7 Å². The zero-order chi connectivity index (χ0) is 20.8. The number of alkyl halides is 4. The molecule has 0 saturated carbocycles. The van der Waals surface area contributed by atoms with E-state index in [4.69, 9.17) is 26.2 Å². The predicted octanol–water partition coefficient (Wildman–Crippen LogP) is 2.05. The van der Waals surface area contributed by atoms with Gasteiger partial charge in [-0.15, -0.1) is 0 Å². The van der Waals surface area contributed by atoms with Gasteiger partial charge in [0.15, 0.2) is 0 Å². The van der Waals surface area contributed by atoms with Crippen molar-refractivity contribution < 1.29 is 41.4 Å². The summed E-state index contributed by atoms with van der Waals surface area (Å²) in [6.45, 7) is 0.0406. The highest BCUT2D eigenvalue weighted by atomic mass is 35.5. The van der Waals surface area contributed by atoms with E-state index in [1.165, 1.54) is 19.2 Å². The summed E-state index contributed by atoms with van der Waals surface area (Å²) < 4.78 is 63.8. The monoisotopic (exact) mass is 418 g/mol. The molecule has 6 nitrogen and oxygen atoms in total. The van der Waals surface area contributed by atoms with Gasteiger partial charge < -0.3 is 20.5 Å². The van der Waals surface area contributed by atoms with Gasteiger partial charge in [-0.05, 0) is 6.07 Å². The van der Waals surface area contributed by atoms with Crippen LogP contribution in [0.2, 0.25) is 5.02 Å². The van der Waals surface area contributed by atoms with Gasteiger partial charge in [0.05, 0.1) is 5.02 Å². The summed E-state index contributed by atoms with van der Waals surface area (Å²) in [6.07, 6.45) is -7.15. The Balaban J connectivity index is 0.000000445. The minimum Gasteiger partial charge on any atom is -0.475 e. The Bertz CT molecular complexity index is 674. The maximum absolute atomic E-state index is 13.7. The molecule has 1 heterocycles. The Morgan fingerprint density at radius 2 is 2.00 bits per heavy atom. The number of hydrogen-bond donors (Lipinski definition) is 3. The molecule has 1 aromatic rings. The van der Waals surface area contributed by atoms with Crippen molar-refractivity contribution in [2.24, 2.45) is 0 Å². The van der Waals surface area contributed by atoms with E-state index in [1.54, 1.807) is 6.07 Å². The number of halogens is 6. The lowest BCUT2D eigenvalue weighted by Crippen LogP contribution is -2.47. The highest BCUT2D eigenvalue weighted by Crippen LogP contribution is 2.18. The fraction of sp³-hybridized carbons (Fsp3) is 0.467. The first-order valence-corrected chi connectivity index (χ1v) is 7.77. The lowest BCUT2D eigenvalue weighted by atomic mass is 10.1. The number of ether oxygens (including phenoxy) is 1. The molecule has 2 rings (SSSR count). The Morgan fingerprint density at radius 3 is 2.52 bits per heavy atom. The molecule has 0 spiro atoms. The maximum atomic E-state index is 13.7. The lowest BCUT2D eigenvalue weighted by molar-refractivity contribution is -0.192. The molecular formula is C15H16ClF5N2O4. The number of rotatable bonds is 4. The maximum Gasteiger partial charge on any atom is 0.490 e. The van der Waals surface area contributed by atoms with Gasteiger partial charge in [-0.2, -0.15) is 13.2 Å². The van der Waals surface area contributed by atoms with Crippen LogP contribution in [-0.4, -0.2) is 55.1 Å². The van der Waals surface area contributed by atoms with Crippen LogP contribution in [0.3, 0.4) is 0 Å². The number of carboxylic acid groups (broad SMARTS) is 1. The average Bonchev–Trinajstić information content (AvgIpc) is 2.96. The van der Waals surface area contributed by atoms with Crippen molar-refractivity contribution in [1.82, 2.24) is 10.6 Å². The number of methoxy groups -OCH3 is 1. The number of aliphatic carboxylic acids is 1. The van der Waals surface area contributed by atoms with Crippen LogP contribution < -0.4 is 10.6 Å². The third-order valence-corrected chi connectivity index (χ3v) is 3.79. The molecule has 1 saturated heterocycles. The van der Waals surface area contributed by atoms with E-state index in [0.717, 1.165) is 0 Å². The Kier molecular flexibility index (Phi) is 8.38. The molecule has 12 heteroatoms. The largest absolute Gasteiger partial charge is 0.490 e. The molecule has 1 fully saturated rings. The Labute approximate surface area is 155 Å². The molecule has 1 aliphatic rings. The zero-order valence-electron chi connectivity index (χ0n) is 13.8. The molecule has 27 heavy (non-hydrogen) atoms. The quantitative estimate of drug-likeness (QED) is 0.651. The fourth-order valence-electron chi connectivity index (χ4n) is 2.18. The van der Waals surface area contributed by atoms with E-state index in [-0.39, 0.29) is 23.7 Å².